The molecule has 0 radical (unpaired) electrons. The van der Waals surface area contributed by atoms with E-state index in [1.54, 1.807) is 0 Å². The maximum absolute atomic E-state index is 12.8. The molecule has 1 aromatic heterocycles. The van der Waals surface area contributed by atoms with Crippen molar-refractivity contribution in [2.75, 3.05) is 13.1 Å². The van der Waals surface area contributed by atoms with Crippen LogP contribution in [0.4, 0.5) is 0 Å². The predicted octanol–water partition coefficient (Wildman–Crippen LogP) is 3.48. The Labute approximate surface area is 185 Å². The third-order valence-electron chi connectivity index (χ3n) is 5.36. The number of nitrogens with zero attached hydrogens (tertiary/aromatic N) is 3. The molecule has 160 valence electrons. The van der Waals surface area contributed by atoms with E-state index < -0.39 is 15.9 Å². The molecule has 0 N–H and O–H groups in total. The Morgan fingerprint density at radius 1 is 1.16 bits per heavy atom. The van der Waals surface area contributed by atoms with Gasteiger partial charge in [0.25, 0.3) is 5.91 Å². The molecule has 1 amide bonds. The zero-order valence-corrected chi connectivity index (χ0v) is 19.1. The number of sulfonamides is 1. The number of amides is 1. The van der Waals surface area contributed by atoms with E-state index in [0.29, 0.717) is 30.0 Å². The molecular formula is C23H23N3O3S2. The van der Waals surface area contributed by atoms with Crippen molar-refractivity contribution in [2.24, 2.45) is 4.99 Å². The summed E-state index contributed by atoms with van der Waals surface area (Å²) in [6.45, 7) is 5.43. The van der Waals surface area contributed by atoms with Crippen molar-refractivity contribution in [3.05, 3.63) is 57.9 Å². The predicted molar refractivity (Wildman–Crippen MR) is 122 cm³/mol. The van der Waals surface area contributed by atoms with Crippen LogP contribution >= 0.6 is 11.3 Å². The zero-order valence-electron chi connectivity index (χ0n) is 17.5. The second kappa shape index (κ2) is 8.42. The molecule has 1 saturated heterocycles. The fourth-order valence-electron chi connectivity index (χ4n) is 3.91. The molecule has 1 aliphatic heterocycles. The minimum Gasteiger partial charge on any atom is -0.304 e. The monoisotopic (exact) mass is 453 g/mol. The van der Waals surface area contributed by atoms with Gasteiger partial charge in [-0.3, -0.25) is 4.79 Å². The second-order valence-electron chi connectivity index (χ2n) is 7.66. The number of benzene rings is 2. The molecule has 4 rings (SSSR count). The minimum absolute atomic E-state index is 0.196. The maximum atomic E-state index is 12.8. The lowest BCUT2D eigenvalue weighted by atomic mass is 10.1. The number of fused-ring (bicyclic) bond motifs is 1. The van der Waals surface area contributed by atoms with Gasteiger partial charge in [0.2, 0.25) is 10.0 Å². The van der Waals surface area contributed by atoms with Crippen LogP contribution in [-0.2, 0) is 16.6 Å². The highest BCUT2D eigenvalue weighted by Crippen LogP contribution is 2.24. The largest absolute Gasteiger partial charge is 0.304 e. The molecule has 0 bridgehead atoms. The van der Waals surface area contributed by atoms with E-state index in [-0.39, 0.29) is 4.90 Å². The van der Waals surface area contributed by atoms with Crippen molar-refractivity contribution >= 4 is 37.5 Å². The fraction of sp³-hybridized carbons (Fsp3) is 0.304. The summed E-state index contributed by atoms with van der Waals surface area (Å²) in [7, 11) is -3.51. The van der Waals surface area contributed by atoms with Gasteiger partial charge in [0.15, 0.2) is 4.80 Å². The first-order valence-electron chi connectivity index (χ1n) is 10.0. The quantitative estimate of drug-likeness (QED) is 0.568. The molecule has 6 nitrogen and oxygen atoms in total. The van der Waals surface area contributed by atoms with Crippen LogP contribution in [-0.4, -0.2) is 36.3 Å². The number of terminal acetylenes is 1. The van der Waals surface area contributed by atoms with Crippen LogP contribution in [0.1, 0.15) is 34.3 Å². The van der Waals surface area contributed by atoms with Crippen molar-refractivity contribution < 1.29 is 13.2 Å². The summed E-state index contributed by atoms with van der Waals surface area (Å²) in [6, 6.07) is 10.1. The Kier molecular flexibility index (Phi) is 5.84. The van der Waals surface area contributed by atoms with Gasteiger partial charge in [-0.15, -0.1) is 6.42 Å². The Bertz CT molecular complexity index is 1370. The molecule has 3 aromatic rings. The highest BCUT2D eigenvalue weighted by Gasteiger charge is 2.27. The Morgan fingerprint density at radius 3 is 2.48 bits per heavy atom. The van der Waals surface area contributed by atoms with E-state index >= 15 is 0 Å². The van der Waals surface area contributed by atoms with Crippen LogP contribution in [0.15, 0.2) is 46.3 Å². The molecule has 2 aromatic carbocycles. The molecule has 31 heavy (non-hydrogen) atoms. The number of hydrogen-bond donors (Lipinski definition) is 0. The first kappa shape index (κ1) is 21.5. The summed E-state index contributed by atoms with van der Waals surface area (Å²) >= 11 is 1.42. The Hall–Kier alpha value is -2.73. The van der Waals surface area contributed by atoms with Gasteiger partial charge >= 0.3 is 0 Å². The number of hydrogen-bond acceptors (Lipinski definition) is 4. The minimum atomic E-state index is -3.51. The SMILES string of the molecule is C#CCn1c(=NC(=O)c2ccc(S(=O)(=O)N3CCCC3)cc2)sc2cc(C)cc(C)c21. The average Bonchev–Trinajstić information content (AvgIpc) is 3.38. The first-order chi connectivity index (χ1) is 14.8. The molecule has 0 saturated carbocycles. The lowest BCUT2D eigenvalue weighted by Gasteiger charge is -2.15. The number of thiazole rings is 1. The number of aromatic nitrogens is 1. The standard InChI is InChI=1S/C23H23N3O3S2/c1-4-11-26-21-17(3)14-16(2)15-20(21)30-23(26)24-22(27)18-7-9-19(10-8-18)31(28,29)25-12-5-6-13-25/h1,7-10,14-15H,5-6,11-13H2,2-3H3. The maximum Gasteiger partial charge on any atom is 0.279 e. The lowest BCUT2D eigenvalue weighted by molar-refractivity contribution is 0.0998. The van der Waals surface area contributed by atoms with Gasteiger partial charge in [0.1, 0.15) is 0 Å². The second-order valence-corrected chi connectivity index (χ2v) is 10.6. The molecule has 8 heteroatoms. The fourth-order valence-corrected chi connectivity index (χ4v) is 6.63. The first-order valence-corrected chi connectivity index (χ1v) is 12.3. The van der Waals surface area contributed by atoms with E-state index in [9.17, 15) is 13.2 Å². The summed E-state index contributed by atoms with van der Waals surface area (Å²) in [4.78, 5) is 17.9. The van der Waals surface area contributed by atoms with Crippen LogP contribution in [0, 0.1) is 26.2 Å². The van der Waals surface area contributed by atoms with Crippen LogP contribution in [0.2, 0.25) is 0 Å². The average molecular weight is 454 g/mol. The molecule has 0 unspecified atom stereocenters. The third kappa shape index (κ3) is 4.09. The van der Waals surface area contributed by atoms with E-state index in [4.69, 9.17) is 6.42 Å². The number of carbonyl (C=O) groups excluding carboxylic acids is 1. The highest BCUT2D eigenvalue weighted by atomic mass is 32.2. The molecule has 1 fully saturated rings. The molecule has 1 aliphatic rings. The Balaban J connectivity index is 1.71. The van der Waals surface area contributed by atoms with Gasteiger partial charge < -0.3 is 4.57 Å². The van der Waals surface area contributed by atoms with E-state index in [2.05, 4.69) is 23.0 Å². The number of carbonyl (C=O) groups is 1. The summed E-state index contributed by atoms with van der Waals surface area (Å²) in [6.07, 6.45) is 7.31. The third-order valence-corrected chi connectivity index (χ3v) is 8.30. The van der Waals surface area contributed by atoms with E-state index in [1.165, 1.54) is 39.9 Å². The van der Waals surface area contributed by atoms with Crippen LogP contribution < -0.4 is 4.80 Å². The summed E-state index contributed by atoms with van der Waals surface area (Å²) < 4.78 is 29.7. The van der Waals surface area contributed by atoms with Gasteiger partial charge in [-0.2, -0.15) is 9.30 Å². The summed E-state index contributed by atoms with van der Waals surface area (Å²) in [5.74, 6) is 2.20. The topological polar surface area (TPSA) is 71.7 Å². The number of rotatable bonds is 4. The van der Waals surface area contributed by atoms with Crippen molar-refractivity contribution in [1.29, 1.82) is 0 Å². The van der Waals surface area contributed by atoms with Crippen molar-refractivity contribution in [3.8, 4) is 12.3 Å². The summed E-state index contributed by atoms with van der Waals surface area (Å²) in [5.41, 5.74) is 3.52. The van der Waals surface area contributed by atoms with Crippen molar-refractivity contribution in [1.82, 2.24) is 8.87 Å². The van der Waals surface area contributed by atoms with Crippen LogP contribution in [0.3, 0.4) is 0 Å². The van der Waals surface area contributed by atoms with E-state index in [0.717, 1.165) is 34.2 Å². The molecule has 0 spiro atoms. The highest BCUT2D eigenvalue weighted by molar-refractivity contribution is 7.89. The molecular weight excluding hydrogens is 430 g/mol. The van der Waals surface area contributed by atoms with E-state index in [1.807, 2.05) is 18.4 Å². The lowest BCUT2D eigenvalue weighted by Crippen LogP contribution is -2.27. The van der Waals surface area contributed by atoms with Gasteiger partial charge in [-0.25, -0.2) is 8.42 Å². The zero-order chi connectivity index (χ0) is 22.2. The summed E-state index contributed by atoms with van der Waals surface area (Å²) in [5, 5.41) is 0. The van der Waals surface area contributed by atoms with Crippen LogP contribution in [0.5, 0.6) is 0 Å². The van der Waals surface area contributed by atoms with Gasteiger partial charge in [0.05, 0.1) is 21.7 Å². The molecule has 0 atom stereocenters. The van der Waals surface area contributed by atoms with Crippen molar-refractivity contribution in [2.45, 2.75) is 38.1 Å². The van der Waals surface area contributed by atoms with Gasteiger partial charge in [-0.1, -0.05) is 23.3 Å². The smallest absolute Gasteiger partial charge is 0.279 e. The normalized spacial score (nSPS) is 15.5. The number of aryl methyl sites for hydroxylation is 2. The van der Waals surface area contributed by atoms with Crippen molar-refractivity contribution in [3.63, 3.8) is 0 Å². The Morgan fingerprint density at radius 2 is 1.84 bits per heavy atom. The van der Waals surface area contributed by atoms with Gasteiger partial charge in [0, 0.05) is 18.7 Å². The molecule has 2 heterocycles. The molecule has 0 aliphatic carbocycles. The van der Waals surface area contributed by atoms with Crippen LogP contribution in [0.25, 0.3) is 10.2 Å². The van der Waals surface area contributed by atoms with Gasteiger partial charge in [-0.05, 0) is 68.1 Å².